The molecule has 1 nitrogen and oxygen atoms in total. The maximum Gasteiger partial charge on any atom is 0.208 e. The Kier molecular flexibility index (Phi) is 3.61. The van der Waals surface area contributed by atoms with Gasteiger partial charge in [-0.25, -0.2) is 8.78 Å². The summed E-state index contributed by atoms with van der Waals surface area (Å²) < 4.78 is 27.3. The molecule has 0 saturated heterocycles. The summed E-state index contributed by atoms with van der Waals surface area (Å²) in [6, 6.07) is 4.67. The number of thiophene rings is 1. The first kappa shape index (κ1) is 12.7. The molecule has 1 aromatic carbocycles. The van der Waals surface area contributed by atoms with Crippen molar-refractivity contribution in [1.82, 2.24) is 0 Å². The molecule has 0 atom stereocenters. The molecule has 6 heteroatoms. The predicted octanol–water partition coefficient (Wildman–Crippen LogP) is 4.67. The van der Waals surface area contributed by atoms with E-state index in [1.54, 1.807) is 0 Å². The molecule has 0 aliphatic carbocycles. The van der Waals surface area contributed by atoms with Crippen molar-refractivity contribution in [2.75, 3.05) is 0 Å². The summed E-state index contributed by atoms with van der Waals surface area (Å²) in [6.07, 6.45) is 0. The van der Waals surface area contributed by atoms with E-state index in [0.29, 0.717) is 8.81 Å². The molecule has 2 rings (SSSR count). The second kappa shape index (κ2) is 4.84. The number of ketones is 1. The molecule has 0 unspecified atom stereocenters. The second-order valence-corrected chi connectivity index (χ2v) is 5.94. The van der Waals surface area contributed by atoms with Crippen LogP contribution in [0.2, 0.25) is 5.02 Å². The Morgan fingerprint density at radius 2 is 1.88 bits per heavy atom. The van der Waals surface area contributed by atoms with E-state index in [9.17, 15) is 13.6 Å². The summed E-state index contributed by atoms with van der Waals surface area (Å²) in [5, 5.41) is 0.343. The van der Waals surface area contributed by atoms with Gasteiger partial charge in [-0.15, -0.1) is 11.3 Å². The lowest BCUT2D eigenvalue weighted by Gasteiger charge is -2.01. The maximum absolute atomic E-state index is 13.4. The smallest absolute Gasteiger partial charge is 0.208 e. The molecule has 0 aliphatic heterocycles. The van der Waals surface area contributed by atoms with Crippen LogP contribution >= 0.6 is 38.9 Å². The normalized spacial score (nSPS) is 10.6. The van der Waals surface area contributed by atoms with Crippen LogP contribution in [-0.4, -0.2) is 5.78 Å². The molecular formula is C11H4BrClF2OS. The van der Waals surface area contributed by atoms with Crippen LogP contribution in [0.1, 0.15) is 15.2 Å². The van der Waals surface area contributed by atoms with Crippen LogP contribution in [0.3, 0.4) is 0 Å². The monoisotopic (exact) mass is 336 g/mol. The molecule has 0 fully saturated rings. The highest BCUT2D eigenvalue weighted by Crippen LogP contribution is 2.33. The summed E-state index contributed by atoms with van der Waals surface area (Å²) in [6.45, 7) is 0. The van der Waals surface area contributed by atoms with Crippen molar-refractivity contribution in [3.05, 3.63) is 55.1 Å². The molecule has 0 amide bonds. The lowest BCUT2D eigenvalue weighted by molar-refractivity contribution is 0.103. The van der Waals surface area contributed by atoms with Crippen molar-refractivity contribution >= 4 is 44.7 Å². The standard InChI is InChI=1S/C11H4BrClF2OS/c12-11-5(13)4-8(17-11)10(16)9-6(14)2-1-3-7(9)15/h1-4H. The number of halogens is 4. The first-order chi connectivity index (χ1) is 8.00. The summed E-state index contributed by atoms with van der Waals surface area (Å²) in [7, 11) is 0. The summed E-state index contributed by atoms with van der Waals surface area (Å²) in [5.74, 6) is -2.47. The highest BCUT2D eigenvalue weighted by Gasteiger charge is 2.21. The third-order valence-electron chi connectivity index (χ3n) is 2.06. The van der Waals surface area contributed by atoms with Crippen LogP contribution in [0.25, 0.3) is 0 Å². The lowest BCUT2D eigenvalue weighted by Crippen LogP contribution is -2.05. The van der Waals surface area contributed by atoms with Gasteiger partial charge in [0.15, 0.2) is 0 Å². The third-order valence-corrected chi connectivity index (χ3v) is 4.53. The van der Waals surface area contributed by atoms with Gasteiger partial charge >= 0.3 is 0 Å². The van der Waals surface area contributed by atoms with E-state index in [1.165, 1.54) is 12.1 Å². The minimum absolute atomic E-state index is 0.186. The minimum atomic E-state index is -0.879. The quantitative estimate of drug-likeness (QED) is 0.728. The summed E-state index contributed by atoms with van der Waals surface area (Å²) in [4.78, 5) is 12.1. The molecule has 0 saturated carbocycles. The van der Waals surface area contributed by atoms with Crippen molar-refractivity contribution in [1.29, 1.82) is 0 Å². The Morgan fingerprint density at radius 3 is 2.35 bits per heavy atom. The van der Waals surface area contributed by atoms with Crippen molar-refractivity contribution < 1.29 is 13.6 Å². The Balaban J connectivity index is 2.51. The van der Waals surface area contributed by atoms with E-state index in [2.05, 4.69) is 15.9 Å². The van der Waals surface area contributed by atoms with E-state index in [1.807, 2.05) is 0 Å². The van der Waals surface area contributed by atoms with Crippen molar-refractivity contribution in [2.45, 2.75) is 0 Å². The average molecular weight is 338 g/mol. The van der Waals surface area contributed by atoms with Gasteiger partial charge < -0.3 is 0 Å². The maximum atomic E-state index is 13.4. The van der Waals surface area contributed by atoms with E-state index < -0.39 is 23.0 Å². The molecule has 0 spiro atoms. The zero-order valence-corrected chi connectivity index (χ0v) is 11.3. The van der Waals surface area contributed by atoms with Gasteiger partial charge in [-0.2, -0.15) is 0 Å². The van der Waals surface area contributed by atoms with E-state index in [0.717, 1.165) is 23.5 Å². The van der Waals surface area contributed by atoms with Gasteiger partial charge in [-0.1, -0.05) is 17.7 Å². The molecule has 0 N–H and O–H groups in total. The zero-order chi connectivity index (χ0) is 12.6. The number of benzene rings is 1. The molecule has 0 aliphatic rings. The molecule has 1 aromatic heterocycles. The highest BCUT2D eigenvalue weighted by molar-refractivity contribution is 9.11. The van der Waals surface area contributed by atoms with Crippen molar-refractivity contribution in [3.8, 4) is 0 Å². The van der Waals surface area contributed by atoms with E-state index in [-0.39, 0.29) is 4.88 Å². The van der Waals surface area contributed by atoms with Crippen LogP contribution < -0.4 is 0 Å². The molecular weight excluding hydrogens is 334 g/mol. The van der Waals surface area contributed by atoms with Crippen molar-refractivity contribution in [3.63, 3.8) is 0 Å². The summed E-state index contributed by atoms with van der Waals surface area (Å²) in [5.41, 5.74) is -0.557. The van der Waals surface area contributed by atoms with Gasteiger partial charge in [0.1, 0.15) is 11.6 Å². The zero-order valence-electron chi connectivity index (χ0n) is 8.14. The number of hydrogen-bond donors (Lipinski definition) is 0. The van der Waals surface area contributed by atoms with Gasteiger partial charge in [-0.05, 0) is 34.1 Å². The molecule has 0 bridgehead atoms. The molecule has 1 heterocycles. The molecule has 88 valence electrons. The van der Waals surface area contributed by atoms with Crippen LogP contribution in [0, 0.1) is 11.6 Å². The van der Waals surface area contributed by atoms with Gasteiger partial charge in [0.05, 0.1) is 19.2 Å². The Hall–Kier alpha value is -0.780. The van der Waals surface area contributed by atoms with Crippen LogP contribution in [-0.2, 0) is 0 Å². The molecule has 2 aromatic rings. The van der Waals surface area contributed by atoms with Gasteiger partial charge in [0.25, 0.3) is 0 Å². The first-order valence-electron chi connectivity index (χ1n) is 4.44. The Bertz CT molecular complexity index is 557. The highest BCUT2D eigenvalue weighted by atomic mass is 79.9. The SMILES string of the molecule is O=C(c1cc(Cl)c(Br)s1)c1c(F)cccc1F. The fourth-order valence-electron chi connectivity index (χ4n) is 1.30. The second-order valence-electron chi connectivity index (χ2n) is 3.16. The largest absolute Gasteiger partial charge is 0.287 e. The van der Waals surface area contributed by atoms with Gasteiger partial charge in [-0.3, -0.25) is 4.79 Å². The summed E-state index contributed by atoms with van der Waals surface area (Å²) >= 11 is 9.94. The number of carbonyl (C=O) groups excluding carboxylic acids is 1. The fourth-order valence-corrected chi connectivity index (χ4v) is 2.94. The van der Waals surface area contributed by atoms with Gasteiger partial charge in [0.2, 0.25) is 5.78 Å². The Labute approximate surface area is 113 Å². The van der Waals surface area contributed by atoms with E-state index in [4.69, 9.17) is 11.6 Å². The van der Waals surface area contributed by atoms with Crippen molar-refractivity contribution in [2.24, 2.45) is 0 Å². The van der Waals surface area contributed by atoms with Gasteiger partial charge in [0, 0.05) is 0 Å². The van der Waals surface area contributed by atoms with Crippen LogP contribution in [0.5, 0.6) is 0 Å². The molecule has 0 radical (unpaired) electrons. The predicted molar refractivity (Wildman–Crippen MR) is 66.8 cm³/mol. The van der Waals surface area contributed by atoms with E-state index >= 15 is 0 Å². The van der Waals surface area contributed by atoms with Crippen LogP contribution in [0.15, 0.2) is 28.1 Å². The topological polar surface area (TPSA) is 17.1 Å². The lowest BCUT2D eigenvalue weighted by atomic mass is 10.1. The third kappa shape index (κ3) is 2.41. The number of rotatable bonds is 2. The Morgan fingerprint density at radius 1 is 1.29 bits per heavy atom. The average Bonchev–Trinajstić information content (AvgIpc) is 2.59. The first-order valence-corrected chi connectivity index (χ1v) is 6.43. The fraction of sp³-hybridized carbons (Fsp3) is 0. The van der Waals surface area contributed by atoms with Crippen LogP contribution in [0.4, 0.5) is 8.78 Å². The number of carbonyl (C=O) groups is 1. The number of hydrogen-bond acceptors (Lipinski definition) is 2. The molecule has 17 heavy (non-hydrogen) atoms. The minimum Gasteiger partial charge on any atom is -0.287 e.